The Labute approximate surface area is 106 Å². The first kappa shape index (κ1) is 14.4. The number of aliphatic hydroxyl groups excluding tert-OH is 1. The quantitative estimate of drug-likeness (QED) is 0.679. The van der Waals surface area contributed by atoms with Crippen molar-refractivity contribution in [1.82, 2.24) is 9.97 Å². The molecule has 0 spiro atoms. The first-order chi connectivity index (χ1) is 8.56. The van der Waals surface area contributed by atoms with E-state index in [1.165, 1.54) is 12.4 Å². The van der Waals surface area contributed by atoms with E-state index in [2.05, 4.69) is 15.3 Å². The van der Waals surface area contributed by atoms with Gasteiger partial charge in [0.1, 0.15) is 5.82 Å². The van der Waals surface area contributed by atoms with Crippen LogP contribution < -0.4 is 5.32 Å². The second kappa shape index (κ2) is 6.30. The van der Waals surface area contributed by atoms with E-state index in [4.69, 9.17) is 5.11 Å². The molecule has 18 heavy (non-hydrogen) atoms. The van der Waals surface area contributed by atoms with Crippen LogP contribution in [0.4, 0.5) is 5.82 Å². The van der Waals surface area contributed by atoms with E-state index in [1.807, 2.05) is 13.8 Å². The molecule has 0 saturated heterocycles. The fourth-order valence-corrected chi connectivity index (χ4v) is 1.61. The second-order valence-corrected chi connectivity index (χ2v) is 4.31. The average molecular weight is 253 g/mol. The van der Waals surface area contributed by atoms with Crippen molar-refractivity contribution < 1.29 is 15.0 Å². The third-order valence-electron chi connectivity index (χ3n) is 3.33. The van der Waals surface area contributed by atoms with E-state index in [0.29, 0.717) is 12.4 Å². The van der Waals surface area contributed by atoms with Gasteiger partial charge < -0.3 is 15.5 Å². The molecular weight excluding hydrogens is 234 g/mol. The number of carbonyl (C=O) groups is 1. The minimum Gasteiger partial charge on any atom is -0.476 e. The van der Waals surface area contributed by atoms with Gasteiger partial charge in [-0.2, -0.15) is 0 Å². The van der Waals surface area contributed by atoms with Gasteiger partial charge >= 0.3 is 5.97 Å². The van der Waals surface area contributed by atoms with Crippen molar-refractivity contribution >= 4 is 11.8 Å². The molecule has 6 heteroatoms. The predicted octanol–water partition coefficient (Wildman–Crippen LogP) is 1.39. The number of rotatable bonds is 7. The van der Waals surface area contributed by atoms with Gasteiger partial charge in [0.05, 0.1) is 19.0 Å². The first-order valence-electron chi connectivity index (χ1n) is 5.97. The monoisotopic (exact) mass is 253 g/mol. The molecule has 0 fully saturated rings. The van der Waals surface area contributed by atoms with Crippen LogP contribution in [0.15, 0.2) is 12.4 Å². The van der Waals surface area contributed by atoms with E-state index >= 15 is 0 Å². The highest BCUT2D eigenvalue weighted by Gasteiger charge is 2.25. The summed E-state index contributed by atoms with van der Waals surface area (Å²) in [5, 5.41) is 21.3. The highest BCUT2D eigenvalue weighted by atomic mass is 16.4. The summed E-state index contributed by atoms with van der Waals surface area (Å²) >= 11 is 0. The van der Waals surface area contributed by atoms with Crippen molar-refractivity contribution in [3.63, 3.8) is 0 Å². The molecule has 0 bridgehead atoms. The van der Waals surface area contributed by atoms with Crippen molar-refractivity contribution in [3.05, 3.63) is 18.1 Å². The lowest BCUT2D eigenvalue weighted by Crippen LogP contribution is -2.32. The van der Waals surface area contributed by atoms with Crippen molar-refractivity contribution in [2.45, 2.75) is 26.7 Å². The van der Waals surface area contributed by atoms with Gasteiger partial charge in [0.15, 0.2) is 5.69 Å². The number of anilines is 1. The number of hydrogen-bond acceptors (Lipinski definition) is 5. The molecule has 1 heterocycles. The third kappa shape index (κ3) is 3.40. The van der Waals surface area contributed by atoms with Gasteiger partial charge in [-0.25, -0.2) is 9.78 Å². The molecule has 3 N–H and O–H groups in total. The summed E-state index contributed by atoms with van der Waals surface area (Å²) in [5.41, 5.74) is -0.302. The van der Waals surface area contributed by atoms with Crippen LogP contribution >= 0.6 is 0 Å². The number of aromatic carboxylic acids is 1. The number of hydrogen-bond donors (Lipinski definition) is 3. The SMILES string of the molecule is CCC(CC)(CO)CNc1cncc(C(=O)O)n1. The van der Waals surface area contributed by atoms with Crippen molar-refractivity contribution in [3.8, 4) is 0 Å². The second-order valence-electron chi connectivity index (χ2n) is 4.31. The molecule has 6 nitrogen and oxygen atoms in total. The molecule has 0 unspecified atom stereocenters. The van der Waals surface area contributed by atoms with Crippen LogP contribution in [0.1, 0.15) is 37.2 Å². The smallest absolute Gasteiger partial charge is 0.356 e. The van der Waals surface area contributed by atoms with Gasteiger partial charge in [-0.05, 0) is 12.8 Å². The Morgan fingerprint density at radius 3 is 2.56 bits per heavy atom. The maximum absolute atomic E-state index is 10.8. The minimum atomic E-state index is -1.11. The molecule has 0 saturated carbocycles. The average Bonchev–Trinajstić information content (AvgIpc) is 2.41. The van der Waals surface area contributed by atoms with Gasteiger partial charge in [0.25, 0.3) is 0 Å². The summed E-state index contributed by atoms with van der Waals surface area (Å²) in [6.07, 6.45) is 4.34. The lowest BCUT2D eigenvalue weighted by Gasteiger charge is -2.29. The van der Waals surface area contributed by atoms with Gasteiger partial charge in [0, 0.05) is 12.0 Å². The molecule has 0 atom stereocenters. The van der Waals surface area contributed by atoms with Gasteiger partial charge in [-0.3, -0.25) is 4.98 Å². The van der Waals surface area contributed by atoms with Crippen molar-refractivity contribution in [2.75, 3.05) is 18.5 Å². The lowest BCUT2D eigenvalue weighted by molar-refractivity contribution is 0.0690. The molecular formula is C12H19N3O3. The maximum Gasteiger partial charge on any atom is 0.356 e. The summed E-state index contributed by atoms with van der Waals surface area (Å²) in [6.45, 7) is 4.65. The minimum absolute atomic E-state index is 0.0824. The Balaban J connectivity index is 2.73. The van der Waals surface area contributed by atoms with E-state index < -0.39 is 5.97 Å². The van der Waals surface area contributed by atoms with Crippen LogP contribution in [0.25, 0.3) is 0 Å². The molecule has 1 aromatic rings. The number of carboxylic acid groups (broad SMARTS) is 1. The number of aromatic nitrogens is 2. The Morgan fingerprint density at radius 2 is 2.06 bits per heavy atom. The van der Waals surface area contributed by atoms with Crippen LogP contribution in [-0.2, 0) is 0 Å². The zero-order chi connectivity index (χ0) is 13.6. The summed E-state index contributed by atoms with van der Waals surface area (Å²) in [5.74, 6) is -0.694. The Morgan fingerprint density at radius 1 is 1.39 bits per heavy atom. The Kier molecular flexibility index (Phi) is 5.03. The molecule has 0 aliphatic rings. The topological polar surface area (TPSA) is 95.3 Å². The van der Waals surface area contributed by atoms with Gasteiger partial charge in [-0.1, -0.05) is 13.8 Å². The van der Waals surface area contributed by atoms with Gasteiger partial charge in [0.2, 0.25) is 0 Å². The molecule has 0 amide bonds. The summed E-state index contributed by atoms with van der Waals surface area (Å²) in [7, 11) is 0. The normalized spacial score (nSPS) is 11.3. The first-order valence-corrected chi connectivity index (χ1v) is 5.97. The third-order valence-corrected chi connectivity index (χ3v) is 3.33. The zero-order valence-electron chi connectivity index (χ0n) is 10.7. The standard InChI is InChI=1S/C12H19N3O3/c1-3-12(4-2,8-16)7-14-10-6-13-5-9(15-10)11(17)18/h5-6,16H,3-4,7-8H2,1-2H3,(H,14,15)(H,17,18). The van der Waals surface area contributed by atoms with Crippen LogP contribution in [0.2, 0.25) is 0 Å². The number of aliphatic hydroxyl groups is 1. The van der Waals surface area contributed by atoms with Crippen LogP contribution in [0.3, 0.4) is 0 Å². The fourth-order valence-electron chi connectivity index (χ4n) is 1.61. The molecule has 0 aliphatic heterocycles. The number of carboxylic acids is 1. The molecule has 1 rings (SSSR count). The van der Waals surface area contributed by atoms with Crippen LogP contribution in [0.5, 0.6) is 0 Å². The molecule has 100 valence electrons. The fraction of sp³-hybridized carbons (Fsp3) is 0.583. The van der Waals surface area contributed by atoms with Gasteiger partial charge in [-0.15, -0.1) is 0 Å². The summed E-state index contributed by atoms with van der Waals surface area (Å²) in [6, 6.07) is 0. The molecule has 0 radical (unpaired) electrons. The van der Waals surface area contributed by atoms with Crippen molar-refractivity contribution in [1.29, 1.82) is 0 Å². The number of nitrogens with zero attached hydrogens (tertiary/aromatic N) is 2. The Bertz CT molecular complexity index is 397. The maximum atomic E-state index is 10.8. The van der Waals surface area contributed by atoms with Crippen LogP contribution in [0, 0.1) is 5.41 Å². The number of nitrogens with one attached hydrogen (secondary N) is 1. The van der Waals surface area contributed by atoms with E-state index in [-0.39, 0.29) is 17.7 Å². The van der Waals surface area contributed by atoms with E-state index in [1.54, 1.807) is 0 Å². The van der Waals surface area contributed by atoms with E-state index in [0.717, 1.165) is 12.8 Å². The van der Waals surface area contributed by atoms with Crippen molar-refractivity contribution in [2.24, 2.45) is 5.41 Å². The molecule has 0 aromatic carbocycles. The lowest BCUT2D eigenvalue weighted by atomic mass is 9.83. The Hall–Kier alpha value is -1.69. The largest absolute Gasteiger partial charge is 0.476 e. The highest BCUT2D eigenvalue weighted by Crippen LogP contribution is 2.25. The van der Waals surface area contributed by atoms with Crippen LogP contribution in [-0.4, -0.2) is 39.3 Å². The molecule has 0 aliphatic carbocycles. The summed E-state index contributed by atoms with van der Waals surface area (Å²) in [4.78, 5) is 18.5. The molecule has 1 aromatic heterocycles. The van der Waals surface area contributed by atoms with E-state index in [9.17, 15) is 9.90 Å². The predicted molar refractivity (Wildman–Crippen MR) is 67.6 cm³/mol. The summed E-state index contributed by atoms with van der Waals surface area (Å²) < 4.78 is 0. The zero-order valence-corrected chi connectivity index (χ0v) is 10.7. The highest BCUT2D eigenvalue weighted by molar-refractivity contribution is 5.85.